The van der Waals surface area contributed by atoms with Gasteiger partial charge < -0.3 is 15.2 Å². The monoisotopic (exact) mass is 237 g/mol. The summed E-state index contributed by atoms with van der Waals surface area (Å²) < 4.78 is 5.50. The Hall–Kier alpha value is -1.06. The standard InChI is InChI=1S/C14H23NO2/c1-4-12(3)15-9-13(16)10-17-14-7-5-11(2)6-8-14/h5-8,12-13,15-16H,4,9-10H2,1-3H3. The number of rotatable bonds is 7. The molecule has 0 amide bonds. The number of hydrogen-bond donors (Lipinski definition) is 2. The molecule has 0 fully saturated rings. The van der Waals surface area contributed by atoms with Gasteiger partial charge >= 0.3 is 0 Å². The SMILES string of the molecule is CCC(C)NCC(O)COc1ccc(C)cc1. The summed E-state index contributed by atoms with van der Waals surface area (Å²) in [4.78, 5) is 0. The Labute approximate surface area is 104 Å². The van der Waals surface area contributed by atoms with Crippen molar-refractivity contribution in [2.24, 2.45) is 0 Å². The molecule has 3 heteroatoms. The van der Waals surface area contributed by atoms with Crippen LogP contribution in [0.15, 0.2) is 24.3 Å². The first-order valence-electron chi connectivity index (χ1n) is 6.22. The molecule has 2 N–H and O–H groups in total. The zero-order chi connectivity index (χ0) is 12.7. The predicted octanol–water partition coefficient (Wildman–Crippen LogP) is 2.12. The van der Waals surface area contributed by atoms with Crippen molar-refractivity contribution in [1.82, 2.24) is 5.32 Å². The molecule has 0 aliphatic heterocycles. The van der Waals surface area contributed by atoms with Crippen LogP contribution in [0.1, 0.15) is 25.8 Å². The van der Waals surface area contributed by atoms with Crippen LogP contribution in [0.4, 0.5) is 0 Å². The number of aryl methyl sites for hydroxylation is 1. The molecule has 3 nitrogen and oxygen atoms in total. The molecule has 0 saturated heterocycles. The van der Waals surface area contributed by atoms with E-state index in [0.717, 1.165) is 12.2 Å². The summed E-state index contributed by atoms with van der Waals surface area (Å²) in [7, 11) is 0. The average molecular weight is 237 g/mol. The van der Waals surface area contributed by atoms with Crippen molar-refractivity contribution in [3.63, 3.8) is 0 Å². The highest BCUT2D eigenvalue weighted by molar-refractivity contribution is 5.26. The Morgan fingerprint density at radius 1 is 1.29 bits per heavy atom. The number of hydrogen-bond acceptors (Lipinski definition) is 3. The molecular weight excluding hydrogens is 214 g/mol. The van der Waals surface area contributed by atoms with E-state index in [1.807, 2.05) is 31.2 Å². The third-order valence-electron chi connectivity index (χ3n) is 2.78. The molecule has 17 heavy (non-hydrogen) atoms. The van der Waals surface area contributed by atoms with Crippen molar-refractivity contribution < 1.29 is 9.84 Å². The molecule has 2 atom stereocenters. The molecule has 0 radical (unpaired) electrons. The lowest BCUT2D eigenvalue weighted by Crippen LogP contribution is -2.36. The lowest BCUT2D eigenvalue weighted by Gasteiger charge is -2.16. The van der Waals surface area contributed by atoms with Gasteiger partial charge in [-0.3, -0.25) is 0 Å². The van der Waals surface area contributed by atoms with Gasteiger partial charge in [-0.1, -0.05) is 24.6 Å². The van der Waals surface area contributed by atoms with Crippen LogP contribution in [-0.2, 0) is 0 Å². The van der Waals surface area contributed by atoms with Crippen LogP contribution < -0.4 is 10.1 Å². The summed E-state index contributed by atoms with van der Waals surface area (Å²) in [5, 5.41) is 13.0. The highest BCUT2D eigenvalue weighted by atomic mass is 16.5. The Morgan fingerprint density at radius 3 is 2.53 bits per heavy atom. The second kappa shape index (κ2) is 7.30. The van der Waals surface area contributed by atoms with Gasteiger partial charge in [0.1, 0.15) is 18.5 Å². The first-order chi connectivity index (χ1) is 8.11. The van der Waals surface area contributed by atoms with Crippen LogP contribution in [0.2, 0.25) is 0 Å². The molecule has 1 aromatic rings. The molecule has 0 saturated carbocycles. The fourth-order valence-electron chi connectivity index (χ4n) is 1.37. The van der Waals surface area contributed by atoms with Gasteiger partial charge in [0.25, 0.3) is 0 Å². The third-order valence-corrected chi connectivity index (χ3v) is 2.78. The van der Waals surface area contributed by atoms with E-state index in [9.17, 15) is 5.11 Å². The van der Waals surface area contributed by atoms with Crippen molar-refractivity contribution in [2.45, 2.75) is 39.3 Å². The number of ether oxygens (including phenoxy) is 1. The Morgan fingerprint density at radius 2 is 1.94 bits per heavy atom. The van der Waals surface area contributed by atoms with Crippen molar-refractivity contribution in [3.8, 4) is 5.75 Å². The summed E-state index contributed by atoms with van der Waals surface area (Å²) in [5.41, 5.74) is 1.20. The van der Waals surface area contributed by atoms with Crippen LogP contribution in [0.3, 0.4) is 0 Å². The number of nitrogens with one attached hydrogen (secondary N) is 1. The maximum atomic E-state index is 9.72. The topological polar surface area (TPSA) is 41.5 Å². The van der Waals surface area contributed by atoms with E-state index < -0.39 is 6.10 Å². The van der Waals surface area contributed by atoms with Gasteiger partial charge in [0.2, 0.25) is 0 Å². The molecule has 0 bridgehead atoms. The van der Waals surface area contributed by atoms with Gasteiger partial charge in [-0.25, -0.2) is 0 Å². The normalized spacial score (nSPS) is 14.4. The zero-order valence-electron chi connectivity index (χ0n) is 10.9. The first kappa shape index (κ1) is 14.0. The molecule has 1 aromatic carbocycles. The van der Waals surface area contributed by atoms with Crippen LogP contribution >= 0.6 is 0 Å². The van der Waals surface area contributed by atoms with E-state index in [1.165, 1.54) is 5.56 Å². The smallest absolute Gasteiger partial charge is 0.119 e. The van der Waals surface area contributed by atoms with Crippen LogP contribution in [0.5, 0.6) is 5.75 Å². The minimum Gasteiger partial charge on any atom is -0.491 e. The first-order valence-corrected chi connectivity index (χ1v) is 6.22. The molecular formula is C14H23NO2. The second-order valence-corrected chi connectivity index (χ2v) is 4.50. The number of aliphatic hydroxyl groups is 1. The van der Waals surface area contributed by atoms with Crippen molar-refractivity contribution in [3.05, 3.63) is 29.8 Å². The Kier molecular flexibility index (Phi) is 6.01. The molecule has 1 rings (SSSR count). The van der Waals surface area contributed by atoms with E-state index in [4.69, 9.17) is 4.74 Å². The van der Waals surface area contributed by atoms with Crippen LogP contribution in [0, 0.1) is 6.92 Å². The van der Waals surface area contributed by atoms with Crippen molar-refractivity contribution in [2.75, 3.05) is 13.2 Å². The van der Waals surface area contributed by atoms with Crippen molar-refractivity contribution in [1.29, 1.82) is 0 Å². The molecule has 96 valence electrons. The molecule has 2 unspecified atom stereocenters. The molecule has 0 aliphatic carbocycles. The molecule has 0 aliphatic rings. The number of aliphatic hydroxyl groups excluding tert-OH is 1. The largest absolute Gasteiger partial charge is 0.491 e. The van der Waals surface area contributed by atoms with E-state index in [1.54, 1.807) is 0 Å². The zero-order valence-corrected chi connectivity index (χ0v) is 10.9. The van der Waals surface area contributed by atoms with Gasteiger partial charge in [-0.2, -0.15) is 0 Å². The maximum absolute atomic E-state index is 9.72. The summed E-state index contributed by atoms with van der Waals surface area (Å²) in [6.45, 7) is 7.16. The lowest BCUT2D eigenvalue weighted by molar-refractivity contribution is 0.104. The fraction of sp³-hybridized carbons (Fsp3) is 0.571. The van der Waals surface area contributed by atoms with Gasteiger partial charge in [0, 0.05) is 12.6 Å². The minimum absolute atomic E-state index is 0.326. The summed E-state index contributed by atoms with van der Waals surface area (Å²) in [5.74, 6) is 0.804. The van der Waals surface area contributed by atoms with E-state index >= 15 is 0 Å². The minimum atomic E-state index is -0.467. The highest BCUT2D eigenvalue weighted by Gasteiger charge is 2.06. The molecule has 0 aromatic heterocycles. The van der Waals surface area contributed by atoms with Gasteiger partial charge in [-0.15, -0.1) is 0 Å². The summed E-state index contributed by atoms with van der Waals surface area (Å²) >= 11 is 0. The average Bonchev–Trinajstić information content (AvgIpc) is 2.35. The van der Waals surface area contributed by atoms with Gasteiger partial charge in [0.05, 0.1) is 0 Å². The van der Waals surface area contributed by atoms with Crippen LogP contribution in [-0.4, -0.2) is 30.4 Å². The summed E-state index contributed by atoms with van der Waals surface area (Å²) in [6.07, 6.45) is 0.594. The van der Waals surface area contributed by atoms with Crippen LogP contribution in [0.25, 0.3) is 0 Å². The third kappa shape index (κ3) is 5.71. The lowest BCUT2D eigenvalue weighted by atomic mass is 10.2. The second-order valence-electron chi connectivity index (χ2n) is 4.50. The quantitative estimate of drug-likeness (QED) is 0.763. The number of benzene rings is 1. The fourth-order valence-corrected chi connectivity index (χ4v) is 1.37. The van der Waals surface area contributed by atoms with E-state index in [-0.39, 0.29) is 0 Å². The Bertz CT molecular complexity index is 311. The highest BCUT2D eigenvalue weighted by Crippen LogP contribution is 2.11. The predicted molar refractivity (Wildman–Crippen MR) is 70.4 cm³/mol. The molecule has 0 spiro atoms. The maximum Gasteiger partial charge on any atom is 0.119 e. The summed E-state index contributed by atoms with van der Waals surface area (Å²) in [6, 6.07) is 8.27. The van der Waals surface area contributed by atoms with E-state index in [2.05, 4.69) is 19.2 Å². The van der Waals surface area contributed by atoms with E-state index in [0.29, 0.717) is 19.2 Å². The van der Waals surface area contributed by atoms with Gasteiger partial charge in [-0.05, 0) is 32.4 Å². The molecule has 0 heterocycles. The van der Waals surface area contributed by atoms with Crippen molar-refractivity contribution >= 4 is 0 Å². The van der Waals surface area contributed by atoms with Gasteiger partial charge in [0.15, 0.2) is 0 Å². The Balaban J connectivity index is 2.23.